The number of ketones is 1. The number of carbonyl (C=O) groups is 1. The molecule has 0 saturated heterocycles. The maximum atomic E-state index is 13.1. The maximum absolute atomic E-state index is 13.1. The van der Waals surface area contributed by atoms with E-state index in [1.54, 1.807) is 0 Å². The third kappa shape index (κ3) is 10.5. The molecule has 0 aliphatic carbocycles. The number of alkyl halides is 7. The summed E-state index contributed by atoms with van der Waals surface area (Å²) in [5.41, 5.74) is 0. The standard InChI is InChI=1S/C21H33F7O/c1-2-3-4-5-6-7-8-9-10-11-12-13-14-15-16-17-18(29)19(22,23)20(24,25)21(26,27)28/h9-10H,2-8,11-17H2,1H3/b10-9-. The number of allylic oxidation sites excluding steroid dienone is 2. The molecule has 0 unspecified atom stereocenters. The fourth-order valence-electron chi connectivity index (χ4n) is 2.87. The van der Waals surface area contributed by atoms with Gasteiger partial charge in [0, 0.05) is 6.42 Å². The Morgan fingerprint density at radius 1 is 0.655 bits per heavy atom. The normalized spacial score (nSPS) is 13.4. The van der Waals surface area contributed by atoms with Crippen LogP contribution in [-0.4, -0.2) is 23.8 Å². The number of hydrogen-bond acceptors (Lipinski definition) is 1. The van der Waals surface area contributed by atoms with Crippen LogP contribution in [0.4, 0.5) is 30.7 Å². The molecule has 0 bridgehead atoms. The fraction of sp³-hybridized carbons (Fsp3) is 0.857. The van der Waals surface area contributed by atoms with Crippen molar-refractivity contribution in [3.8, 4) is 0 Å². The summed E-state index contributed by atoms with van der Waals surface area (Å²) in [6.07, 6.45) is 8.66. The molecule has 0 amide bonds. The van der Waals surface area contributed by atoms with Crippen molar-refractivity contribution in [3.05, 3.63) is 12.2 Å². The molecule has 0 N–H and O–H groups in total. The predicted molar refractivity (Wildman–Crippen MR) is 100 cm³/mol. The van der Waals surface area contributed by atoms with Crippen LogP contribution in [-0.2, 0) is 4.79 Å². The Morgan fingerprint density at radius 2 is 1.07 bits per heavy atom. The fourth-order valence-corrected chi connectivity index (χ4v) is 2.87. The third-order valence-electron chi connectivity index (χ3n) is 4.77. The highest BCUT2D eigenvalue weighted by atomic mass is 19.4. The van der Waals surface area contributed by atoms with E-state index in [9.17, 15) is 35.5 Å². The lowest BCUT2D eigenvalue weighted by molar-refractivity contribution is -0.343. The second-order valence-corrected chi connectivity index (χ2v) is 7.40. The number of rotatable bonds is 17. The average Bonchev–Trinajstić information content (AvgIpc) is 2.63. The molecule has 0 heterocycles. The van der Waals surface area contributed by atoms with E-state index in [0.29, 0.717) is 12.8 Å². The molecule has 8 heteroatoms. The van der Waals surface area contributed by atoms with Crippen LogP contribution in [0.15, 0.2) is 12.2 Å². The largest absolute Gasteiger partial charge is 0.460 e. The van der Waals surface area contributed by atoms with Crippen molar-refractivity contribution in [2.24, 2.45) is 0 Å². The van der Waals surface area contributed by atoms with Crippen molar-refractivity contribution in [2.75, 3.05) is 0 Å². The number of unbranched alkanes of at least 4 members (excludes halogenated alkanes) is 11. The van der Waals surface area contributed by atoms with E-state index < -0.39 is 30.2 Å². The average molecular weight is 434 g/mol. The Balaban J connectivity index is 3.77. The summed E-state index contributed by atoms with van der Waals surface area (Å²) in [6.45, 7) is 2.18. The molecule has 0 fully saturated rings. The number of Topliss-reactive ketones (excluding diaryl/α,β-unsaturated/α-hetero) is 1. The number of carbonyl (C=O) groups excluding carboxylic acids is 1. The van der Waals surface area contributed by atoms with E-state index in [0.717, 1.165) is 25.7 Å². The highest BCUT2D eigenvalue weighted by Gasteiger charge is 2.75. The summed E-state index contributed by atoms with van der Waals surface area (Å²) >= 11 is 0. The zero-order valence-electron chi connectivity index (χ0n) is 17.1. The quantitative estimate of drug-likeness (QED) is 0.128. The first-order valence-electron chi connectivity index (χ1n) is 10.5. The van der Waals surface area contributed by atoms with Crippen molar-refractivity contribution >= 4 is 5.78 Å². The van der Waals surface area contributed by atoms with Gasteiger partial charge in [0.05, 0.1) is 0 Å². The molecule has 0 rings (SSSR count). The minimum absolute atomic E-state index is 0.129. The van der Waals surface area contributed by atoms with Gasteiger partial charge in [0.1, 0.15) is 0 Å². The van der Waals surface area contributed by atoms with Gasteiger partial charge < -0.3 is 0 Å². The zero-order chi connectivity index (χ0) is 22.4. The summed E-state index contributed by atoms with van der Waals surface area (Å²) < 4.78 is 87.9. The van der Waals surface area contributed by atoms with Gasteiger partial charge in [-0.3, -0.25) is 4.79 Å². The van der Waals surface area contributed by atoms with Crippen LogP contribution in [0, 0.1) is 0 Å². The molecule has 29 heavy (non-hydrogen) atoms. The maximum Gasteiger partial charge on any atom is 0.460 e. The summed E-state index contributed by atoms with van der Waals surface area (Å²) in [4.78, 5) is 11.2. The van der Waals surface area contributed by atoms with Gasteiger partial charge in [0.25, 0.3) is 0 Å². The van der Waals surface area contributed by atoms with Gasteiger partial charge in [-0.05, 0) is 32.1 Å². The van der Waals surface area contributed by atoms with Gasteiger partial charge in [0.2, 0.25) is 5.78 Å². The van der Waals surface area contributed by atoms with Gasteiger partial charge in [-0.1, -0.05) is 70.4 Å². The van der Waals surface area contributed by atoms with Gasteiger partial charge in [0.15, 0.2) is 0 Å². The first-order chi connectivity index (χ1) is 13.5. The number of halogens is 7. The first kappa shape index (κ1) is 27.9. The van der Waals surface area contributed by atoms with Crippen molar-refractivity contribution in [3.63, 3.8) is 0 Å². The van der Waals surface area contributed by atoms with E-state index in [2.05, 4.69) is 19.1 Å². The van der Waals surface area contributed by atoms with Crippen molar-refractivity contribution in [1.82, 2.24) is 0 Å². The lowest BCUT2D eigenvalue weighted by atomic mass is 10.0. The Morgan fingerprint density at radius 3 is 1.52 bits per heavy atom. The van der Waals surface area contributed by atoms with Crippen LogP contribution in [0.3, 0.4) is 0 Å². The van der Waals surface area contributed by atoms with Crippen LogP contribution in [0.2, 0.25) is 0 Å². The minimum Gasteiger partial charge on any atom is -0.293 e. The van der Waals surface area contributed by atoms with Crippen molar-refractivity contribution in [1.29, 1.82) is 0 Å². The van der Waals surface area contributed by atoms with E-state index >= 15 is 0 Å². The summed E-state index contributed by atoms with van der Waals surface area (Å²) in [5, 5.41) is 0. The predicted octanol–water partition coefficient (Wildman–Crippen LogP) is 8.43. The van der Waals surface area contributed by atoms with Crippen molar-refractivity contribution < 1.29 is 35.5 Å². The molecule has 0 radical (unpaired) electrons. The highest BCUT2D eigenvalue weighted by molar-refractivity contribution is 5.86. The molecule has 0 aromatic heterocycles. The Labute approximate surface area is 169 Å². The van der Waals surface area contributed by atoms with E-state index in [1.807, 2.05) is 0 Å². The molecule has 0 atom stereocenters. The molecule has 172 valence electrons. The van der Waals surface area contributed by atoms with Gasteiger partial charge in [-0.25, -0.2) is 0 Å². The molecule has 0 aliphatic heterocycles. The first-order valence-corrected chi connectivity index (χ1v) is 10.5. The van der Waals surface area contributed by atoms with Crippen LogP contribution in [0.5, 0.6) is 0 Å². The lowest BCUT2D eigenvalue weighted by Gasteiger charge is -2.26. The van der Waals surface area contributed by atoms with Crippen LogP contribution in [0.25, 0.3) is 0 Å². The molecular weight excluding hydrogens is 401 g/mol. The number of hydrogen-bond donors (Lipinski definition) is 0. The minimum atomic E-state index is -6.46. The molecule has 1 nitrogen and oxygen atoms in total. The van der Waals surface area contributed by atoms with Crippen LogP contribution in [0.1, 0.15) is 96.8 Å². The molecule has 0 aromatic carbocycles. The second kappa shape index (κ2) is 14.0. The lowest BCUT2D eigenvalue weighted by Crippen LogP contribution is -2.56. The smallest absolute Gasteiger partial charge is 0.293 e. The zero-order valence-corrected chi connectivity index (χ0v) is 17.1. The topological polar surface area (TPSA) is 17.1 Å². The SMILES string of the molecule is CCCCCCCC/C=C\CCCCCCCC(=O)C(F)(F)C(F)(F)C(F)(F)F. The Bertz CT molecular complexity index is 470. The Kier molecular flexibility index (Phi) is 13.5. The van der Waals surface area contributed by atoms with Gasteiger partial charge >= 0.3 is 18.0 Å². The summed E-state index contributed by atoms with van der Waals surface area (Å²) in [7, 11) is 0. The summed E-state index contributed by atoms with van der Waals surface area (Å²) in [6, 6.07) is 0. The molecule has 0 spiro atoms. The molecule has 0 aromatic rings. The van der Waals surface area contributed by atoms with Gasteiger partial charge in [-0.15, -0.1) is 0 Å². The molecular formula is C21H33F7O. The second-order valence-electron chi connectivity index (χ2n) is 7.40. The highest BCUT2D eigenvalue weighted by Crippen LogP contribution is 2.47. The van der Waals surface area contributed by atoms with E-state index in [1.165, 1.54) is 38.5 Å². The van der Waals surface area contributed by atoms with Crippen LogP contribution >= 0.6 is 0 Å². The van der Waals surface area contributed by atoms with Crippen LogP contribution < -0.4 is 0 Å². The van der Waals surface area contributed by atoms with E-state index in [-0.39, 0.29) is 6.42 Å². The van der Waals surface area contributed by atoms with Gasteiger partial charge in [-0.2, -0.15) is 30.7 Å². The Hall–Kier alpha value is -1.08. The molecule has 0 saturated carbocycles. The van der Waals surface area contributed by atoms with Crippen molar-refractivity contribution in [2.45, 2.75) is 115 Å². The monoisotopic (exact) mass is 434 g/mol. The third-order valence-corrected chi connectivity index (χ3v) is 4.77. The summed E-state index contributed by atoms with van der Waals surface area (Å²) in [5.74, 6) is -14.4. The molecule has 0 aliphatic rings. The van der Waals surface area contributed by atoms with E-state index in [4.69, 9.17) is 0 Å².